The fourth-order valence-electron chi connectivity index (χ4n) is 3.68. The fraction of sp³-hybridized carbons (Fsp3) is 0.250. The van der Waals surface area contributed by atoms with Gasteiger partial charge < -0.3 is 16.2 Å². The van der Waals surface area contributed by atoms with Crippen molar-refractivity contribution in [3.05, 3.63) is 60.7 Å². The lowest BCUT2D eigenvalue weighted by atomic mass is 10.0. The molecule has 1 aromatic heterocycles. The first-order valence-electron chi connectivity index (χ1n) is 10.00. The summed E-state index contributed by atoms with van der Waals surface area (Å²) in [5.41, 5.74) is 7.70. The first-order chi connectivity index (χ1) is 14.0. The molecule has 0 fully saturated rings. The van der Waals surface area contributed by atoms with Crippen molar-refractivity contribution < 1.29 is 5.11 Å². The summed E-state index contributed by atoms with van der Waals surface area (Å²) in [6.07, 6.45) is 0.939. The first kappa shape index (κ1) is 19.2. The minimum atomic E-state index is 0.0428. The van der Waals surface area contributed by atoms with Crippen LogP contribution in [0.2, 0.25) is 0 Å². The van der Waals surface area contributed by atoms with E-state index in [-0.39, 0.29) is 11.8 Å². The number of phenols is 1. The lowest BCUT2D eigenvalue weighted by Crippen LogP contribution is -2.30. The van der Waals surface area contributed by atoms with Gasteiger partial charge in [-0.15, -0.1) is 0 Å². The molecular weight excluding hydrogens is 360 g/mol. The standard InChI is InChI=1S/C24H26N4O/c1-15(2)13-17(25)14-26-23-19-9-5-6-10-21(19)27-24(28-23)20-12-11-16-7-3-4-8-18(16)22(20)29/h3-12,15,17,29H,13-14,25H2,1-2H3,(H,26,27,28)/t17-/m0/s1. The third-order valence-corrected chi connectivity index (χ3v) is 5.05. The van der Waals surface area contributed by atoms with Crippen LogP contribution in [0.1, 0.15) is 20.3 Å². The van der Waals surface area contributed by atoms with E-state index >= 15 is 0 Å². The maximum absolute atomic E-state index is 10.9. The van der Waals surface area contributed by atoms with E-state index in [0.717, 1.165) is 33.9 Å². The van der Waals surface area contributed by atoms with E-state index < -0.39 is 0 Å². The molecule has 0 amide bonds. The Hall–Kier alpha value is -3.18. The lowest BCUT2D eigenvalue weighted by Gasteiger charge is -2.17. The summed E-state index contributed by atoms with van der Waals surface area (Å²) in [7, 11) is 0. The molecule has 0 saturated heterocycles. The Bertz CT molecular complexity index is 1160. The molecule has 5 nitrogen and oxygen atoms in total. The van der Waals surface area contributed by atoms with E-state index in [1.807, 2.05) is 60.7 Å². The van der Waals surface area contributed by atoms with E-state index in [4.69, 9.17) is 15.7 Å². The van der Waals surface area contributed by atoms with E-state index in [0.29, 0.717) is 23.9 Å². The summed E-state index contributed by atoms with van der Waals surface area (Å²) >= 11 is 0. The molecule has 0 saturated carbocycles. The number of rotatable bonds is 6. The molecule has 0 spiro atoms. The minimum absolute atomic E-state index is 0.0428. The number of benzene rings is 3. The molecule has 1 heterocycles. The highest BCUT2D eigenvalue weighted by atomic mass is 16.3. The molecule has 148 valence electrons. The summed E-state index contributed by atoms with van der Waals surface area (Å²) < 4.78 is 0. The van der Waals surface area contributed by atoms with Gasteiger partial charge in [-0.2, -0.15) is 0 Å². The van der Waals surface area contributed by atoms with Gasteiger partial charge in [-0.3, -0.25) is 0 Å². The van der Waals surface area contributed by atoms with Gasteiger partial charge in [-0.05, 0) is 35.9 Å². The number of fused-ring (bicyclic) bond motifs is 2. The largest absolute Gasteiger partial charge is 0.507 e. The van der Waals surface area contributed by atoms with Crippen LogP contribution in [-0.2, 0) is 0 Å². The average Bonchev–Trinajstić information content (AvgIpc) is 2.72. The van der Waals surface area contributed by atoms with E-state index in [1.165, 1.54) is 0 Å². The van der Waals surface area contributed by atoms with Gasteiger partial charge in [0.15, 0.2) is 5.82 Å². The fourth-order valence-corrected chi connectivity index (χ4v) is 3.68. The number of hydrogen-bond donors (Lipinski definition) is 3. The number of aromatic hydroxyl groups is 1. The van der Waals surface area contributed by atoms with Crippen LogP contribution in [0.25, 0.3) is 33.1 Å². The van der Waals surface area contributed by atoms with Crippen molar-refractivity contribution in [2.75, 3.05) is 11.9 Å². The predicted octanol–water partition coefficient (Wildman–Crippen LogP) is 4.94. The maximum Gasteiger partial charge on any atom is 0.165 e. The molecule has 0 unspecified atom stereocenters. The van der Waals surface area contributed by atoms with Crippen LogP contribution in [0, 0.1) is 5.92 Å². The zero-order chi connectivity index (χ0) is 20.4. The van der Waals surface area contributed by atoms with Gasteiger partial charge in [-0.25, -0.2) is 9.97 Å². The van der Waals surface area contributed by atoms with Crippen molar-refractivity contribution in [3.63, 3.8) is 0 Å². The van der Waals surface area contributed by atoms with Crippen molar-refractivity contribution in [3.8, 4) is 17.1 Å². The zero-order valence-electron chi connectivity index (χ0n) is 16.8. The molecule has 4 N–H and O–H groups in total. The molecule has 3 aromatic carbocycles. The van der Waals surface area contributed by atoms with Crippen molar-refractivity contribution in [2.24, 2.45) is 11.7 Å². The number of phenolic OH excluding ortho intramolecular Hbond substituents is 1. The molecule has 29 heavy (non-hydrogen) atoms. The number of anilines is 1. The summed E-state index contributed by atoms with van der Waals surface area (Å²) in [5, 5.41) is 17.0. The third-order valence-electron chi connectivity index (χ3n) is 5.05. The van der Waals surface area contributed by atoms with Gasteiger partial charge in [0.05, 0.1) is 11.1 Å². The lowest BCUT2D eigenvalue weighted by molar-refractivity contribution is 0.483. The minimum Gasteiger partial charge on any atom is -0.507 e. The van der Waals surface area contributed by atoms with Crippen LogP contribution < -0.4 is 11.1 Å². The highest BCUT2D eigenvalue weighted by molar-refractivity contribution is 5.95. The number of aromatic nitrogens is 2. The molecule has 0 aliphatic heterocycles. The molecule has 5 heteroatoms. The van der Waals surface area contributed by atoms with Gasteiger partial charge in [-0.1, -0.05) is 56.3 Å². The molecule has 0 aliphatic rings. The maximum atomic E-state index is 10.9. The summed E-state index contributed by atoms with van der Waals surface area (Å²) in [6, 6.07) is 19.5. The number of hydrogen-bond acceptors (Lipinski definition) is 5. The zero-order valence-corrected chi connectivity index (χ0v) is 16.8. The van der Waals surface area contributed by atoms with Gasteiger partial charge in [0, 0.05) is 23.4 Å². The molecule has 4 rings (SSSR count). The van der Waals surface area contributed by atoms with Crippen LogP contribution >= 0.6 is 0 Å². The monoisotopic (exact) mass is 386 g/mol. The Kier molecular flexibility index (Phi) is 5.32. The highest BCUT2D eigenvalue weighted by Crippen LogP contribution is 2.35. The molecule has 0 radical (unpaired) electrons. The Labute approximate surface area is 170 Å². The van der Waals surface area contributed by atoms with Crippen molar-refractivity contribution in [1.82, 2.24) is 9.97 Å². The van der Waals surface area contributed by atoms with Gasteiger partial charge in [0.1, 0.15) is 11.6 Å². The van der Waals surface area contributed by atoms with Crippen LogP contribution in [0.5, 0.6) is 5.75 Å². The Morgan fingerprint density at radius 1 is 0.931 bits per heavy atom. The molecule has 4 aromatic rings. The second-order valence-corrected chi connectivity index (χ2v) is 7.87. The van der Waals surface area contributed by atoms with Crippen LogP contribution in [-0.4, -0.2) is 27.7 Å². The second kappa shape index (κ2) is 8.05. The van der Waals surface area contributed by atoms with Crippen molar-refractivity contribution >= 4 is 27.5 Å². The van der Waals surface area contributed by atoms with Gasteiger partial charge in [0.25, 0.3) is 0 Å². The third kappa shape index (κ3) is 4.00. The normalized spacial score (nSPS) is 12.6. The molecule has 0 bridgehead atoms. The Morgan fingerprint density at radius 2 is 1.66 bits per heavy atom. The molecule has 0 aliphatic carbocycles. The van der Waals surface area contributed by atoms with Crippen LogP contribution in [0.4, 0.5) is 5.82 Å². The second-order valence-electron chi connectivity index (χ2n) is 7.87. The van der Waals surface area contributed by atoms with Crippen molar-refractivity contribution in [1.29, 1.82) is 0 Å². The number of nitrogens with two attached hydrogens (primary N) is 1. The predicted molar refractivity (Wildman–Crippen MR) is 120 cm³/mol. The summed E-state index contributed by atoms with van der Waals surface area (Å²) in [6.45, 7) is 4.96. The van der Waals surface area contributed by atoms with Crippen LogP contribution in [0.15, 0.2) is 60.7 Å². The van der Waals surface area contributed by atoms with Gasteiger partial charge in [0.2, 0.25) is 0 Å². The summed E-state index contributed by atoms with van der Waals surface area (Å²) in [5.74, 6) is 1.96. The summed E-state index contributed by atoms with van der Waals surface area (Å²) in [4.78, 5) is 9.46. The molecular formula is C24H26N4O. The van der Waals surface area contributed by atoms with E-state index in [1.54, 1.807) is 0 Å². The topological polar surface area (TPSA) is 84.1 Å². The Morgan fingerprint density at radius 3 is 2.45 bits per heavy atom. The SMILES string of the molecule is CC(C)C[C@H](N)CNc1nc(-c2ccc3ccccc3c2O)nc2ccccc12. The number of para-hydroxylation sites is 1. The average molecular weight is 386 g/mol. The van der Waals surface area contributed by atoms with E-state index in [2.05, 4.69) is 19.2 Å². The van der Waals surface area contributed by atoms with Crippen LogP contribution in [0.3, 0.4) is 0 Å². The van der Waals surface area contributed by atoms with Gasteiger partial charge >= 0.3 is 0 Å². The number of nitrogens with one attached hydrogen (secondary N) is 1. The number of nitrogens with zero attached hydrogens (tertiary/aromatic N) is 2. The first-order valence-corrected chi connectivity index (χ1v) is 10.00. The molecule has 1 atom stereocenters. The Balaban J connectivity index is 1.77. The quantitative estimate of drug-likeness (QED) is 0.437. The highest BCUT2D eigenvalue weighted by Gasteiger charge is 2.15. The smallest absolute Gasteiger partial charge is 0.165 e. The van der Waals surface area contributed by atoms with Crippen molar-refractivity contribution in [2.45, 2.75) is 26.3 Å². The van der Waals surface area contributed by atoms with E-state index in [9.17, 15) is 5.11 Å².